The molecule has 38 heavy (non-hydrogen) atoms. The van der Waals surface area contributed by atoms with Crippen molar-refractivity contribution in [2.75, 3.05) is 12.1 Å². The first kappa shape index (κ1) is 26.4. The number of hydrogen-bond donors (Lipinski definition) is 1. The molecule has 186 valence electrons. The van der Waals surface area contributed by atoms with Crippen LogP contribution in [0.25, 0.3) is 0 Å². The first-order valence-corrected chi connectivity index (χ1v) is 11.7. The Hall–Kier alpha value is -3.21. The Morgan fingerprint density at radius 2 is 1.55 bits per heavy atom. The molecule has 1 spiro atoms. The van der Waals surface area contributed by atoms with Crippen LogP contribution in [0.3, 0.4) is 0 Å². The van der Waals surface area contributed by atoms with E-state index in [1.165, 1.54) is 18.2 Å². The van der Waals surface area contributed by atoms with Gasteiger partial charge < -0.3 is 29.4 Å². The predicted molar refractivity (Wildman–Crippen MR) is 126 cm³/mol. The van der Waals surface area contributed by atoms with Crippen LogP contribution in [0.2, 0.25) is 5.02 Å². The minimum atomic E-state index is -2.45. The zero-order valence-corrected chi connectivity index (χ0v) is 22.7. The topological polar surface area (TPSA) is 131 Å². The molecule has 6 rings (SSSR count). The molecule has 1 saturated heterocycles. The van der Waals surface area contributed by atoms with E-state index in [1.807, 2.05) is 0 Å². The van der Waals surface area contributed by atoms with Crippen LogP contribution in [0, 0.1) is 11.8 Å². The number of amides is 1. The maximum Gasteiger partial charge on any atom is 1.00 e. The molecule has 2 heterocycles. The fourth-order valence-corrected chi connectivity index (χ4v) is 5.40. The summed E-state index contributed by atoms with van der Waals surface area (Å²) in [5, 5.41) is 15.7. The van der Waals surface area contributed by atoms with Gasteiger partial charge in [0.25, 0.3) is 0 Å². The van der Waals surface area contributed by atoms with Crippen LogP contribution in [0.15, 0.2) is 66.7 Å². The van der Waals surface area contributed by atoms with Crippen LogP contribution in [-0.4, -0.2) is 35.8 Å². The van der Waals surface area contributed by atoms with E-state index in [0.717, 1.165) is 0 Å². The molecule has 1 amide bonds. The quantitative estimate of drug-likeness (QED) is 0.348. The largest absolute Gasteiger partial charge is 1.00 e. The Labute approximate surface area is 243 Å². The van der Waals surface area contributed by atoms with E-state index >= 15 is 0 Å². The van der Waals surface area contributed by atoms with Crippen molar-refractivity contribution in [3.8, 4) is 11.5 Å². The van der Waals surface area contributed by atoms with Crippen molar-refractivity contribution in [1.29, 1.82) is 0 Å². The van der Waals surface area contributed by atoms with E-state index in [-0.39, 0.29) is 47.5 Å². The summed E-state index contributed by atoms with van der Waals surface area (Å²) in [7, 11) is 0. The summed E-state index contributed by atoms with van der Waals surface area (Å²) in [6, 6.07) is 16.8. The molecule has 3 aliphatic rings. The number of Topliss-reactive ketones (excluding diaryl/α,β-unsaturated/α-hetero) is 2. The van der Waals surface area contributed by atoms with E-state index < -0.39 is 47.0 Å². The molecule has 1 fully saturated rings. The Balaban J connectivity index is 0.00000294. The number of carboxylic acids is 1. The van der Waals surface area contributed by atoms with Crippen molar-refractivity contribution in [2.24, 2.45) is 11.8 Å². The van der Waals surface area contributed by atoms with Crippen molar-refractivity contribution in [2.45, 2.75) is 11.7 Å². The Morgan fingerprint density at radius 3 is 2.18 bits per heavy atom. The van der Waals surface area contributed by atoms with E-state index in [1.54, 1.807) is 48.5 Å². The van der Waals surface area contributed by atoms with Crippen LogP contribution < -0.4 is 49.5 Å². The van der Waals surface area contributed by atoms with Gasteiger partial charge in [0.1, 0.15) is 0 Å². The van der Waals surface area contributed by atoms with Gasteiger partial charge in [-0.3, -0.25) is 14.4 Å². The van der Waals surface area contributed by atoms with E-state index in [2.05, 4.69) is 5.32 Å². The van der Waals surface area contributed by atoms with E-state index in [9.17, 15) is 24.3 Å². The van der Waals surface area contributed by atoms with Gasteiger partial charge in [-0.25, -0.2) is 0 Å². The van der Waals surface area contributed by atoms with Crippen LogP contribution in [0.5, 0.6) is 11.5 Å². The van der Waals surface area contributed by atoms with Gasteiger partial charge in [-0.2, -0.15) is 0 Å². The van der Waals surface area contributed by atoms with Crippen molar-refractivity contribution in [1.82, 2.24) is 0 Å². The summed E-state index contributed by atoms with van der Waals surface area (Å²) in [6.45, 7) is 0.0297. The molecule has 2 aliphatic heterocycles. The number of anilines is 1. The van der Waals surface area contributed by atoms with Crippen LogP contribution in [0.1, 0.15) is 32.4 Å². The number of benzene rings is 3. The third-order valence-corrected chi connectivity index (χ3v) is 7.17. The molecule has 0 radical (unpaired) electrons. The third-order valence-electron chi connectivity index (χ3n) is 6.92. The maximum absolute atomic E-state index is 13.7. The molecule has 0 aromatic heterocycles. The minimum Gasteiger partial charge on any atom is -0.550 e. The number of nitrogens with one attached hydrogen (secondary N) is 1. The molecule has 9 nitrogen and oxygen atoms in total. The fourth-order valence-electron chi connectivity index (χ4n) is 5.28. The van der Waals surface area contributed by atoms with Crippen LogP contribution in [-0.2, 0) is 14.3 Å². The maximum atomic E-state index is 13.7. The number of carboxylic acid groups (broad SMARTS) is 1. The summed E-state index contributed by atoms with van der Waals surface area (Å²) in [5.41, 5.74) is -1.72. The zero-order valence-electron chi connectivity index (χ0n) is 19.9. The molecular formula is C27H17ClNNaO8. The number of rotatable bonds is 4. The van der Waals surface area contributed by atoms with E-state index in [4.69, 9.17) is 25.8 Å². The predicted octanol–water partition coefficient (Wildman–Crippen LogP) is -0.417. The van der Waals surface area contributed by atoms with Gasteiger partial charge in [0.05, 0.1) is 17.9 Å². The first-order chi connectivity index (χ1) is 17.8. The normalized spacial score (nSPS) is 22.2. The smallest absolute Gasteiger partial charge is 0.550 e. The molecular weight excluding hydrogens is 525 g/mol. The number of carbonyl (C=O) groups is 4. The number of carbonyl (C=O) groups excluding carboxylic acids is 4. The molecule has 1 aliphatic carbocycles. The second-order valence-electron chi connectivity index (χ2n) is 8.91. The SMILES string of the molecule is O=C(Nc1ccc2c(c1)OCO2)C1C(c2ccc(Cl)cc2)OC2(C(=O)c3ccccc3C2=O)C1C(=O)[O-].[Na+]. The summed E-state index contributed by atoms with van der Waals surface area (Å²) < 4.78 is 16.7. The zero-order chi connectivity index (χ0) is 25.9. The Bertz CT molecular complexity index is 1460. The number of aliphatic carboxylic acids is 1. The van der Waals surface area contributed by atoms with Gasteiger partial charge in [-0.1, -0.05) is 48.0 Å². The number of halogens is 1. The van der Waals surface area contributed by atoms with E-state index in [0.29, 0.717) is 27.8 Å². The average Bonchev–Trinajstić information content (AvgIpc) is 3.56. The third kappa shape index (κ3) is 3.93. The molecule has 0 saturated carbocycles. The number of ketones is 2. The summed E-state index contributed by atoms with van der Waals surface area (Å²) in [5.74, 6) is -6.68. The van der Waals surface area contributed by atoms with Crippen molar-refractivity contribution in [3.63, 3.8) is 0 Å². The second-order valence-corrected chi connectivity index (χ2v) is 9.35. The van der Waals surface area contributed by atoms with Crippen molar-refractivity contribution in [3.05, 3.63) is 88.4 Å². The fraction of sp³-hybridized carbons (Fsp3) is 0.185. The number of fused-ring (bicyclic) bond motifs is 2. The van der Waals surface area contributed by atoms with Crippen LogP contribution in [0.4, 0.5) is 5.69 Å². The molecule has 3 atom stereocenters. The Morgan fingerprint density at radius 1 is 0.921 bits per heavy atom. The molecule has 1 N–H and O–H groups in total. The van der Waals surface area contributed by atoms with Gasteiger partial charge in [0.2, 0.25) is 29.9 Å². The molecule has 0 bridgehead atoms. The van der Waals surface area contributed by atoms with Crippen molar-refractivity contribution < 1.29 is 68.1 Å². The number of ether oxygens (including phenoxy) is 3. The summed E-state index contributed by atoms with van der Waals surface area (Å²) in [4.78, 5) is 53.5. The number of hydrogen-bond acceptors (Lipinski definition) is 8. The van der Waals surface area contributed by atoms with Crippen LogP contribution >= 0.6 is 11.6 Å². The van der Waals surface area contributed by atoms with Gasteiger partial charge >= 0.3 is 29.6 Å². The minimum absolute atomic E-state index is 0. The molecule has 3 aromatic rings. The molecule has 3 unspecified atom stereocenters. The second kappa shape index (κ2) is 9.83. The van der Waals surface area contributed by atoms with Crippen molar-refractivity contribution >= 4 is 40.7 Å². The van der Waals surface area contributed by atoms with Gasteiger partial charge in [0.15, 0.2) is 11.5 Å². The molecule has 11 heteroatoms. The van der Waals surface area contributed by atoms with Gasteiger partial charge in [-0.05, 0) is 29.8 Å². The molecule has 3 aromatic carbocycles. The van der Waals surface area contributed by atoms with Gasteiger partial charge in [0, 0.05) is 33.9 Å². The van der Waals surface area contributed by atoms with Gasteiger partial charge in [-0.15, -0.1) is 0 Å². The average molecular weight is 542 g/mol. The summed E-state index contributed by atoms with van der Waals surface area (Å²) in [6.07, 6.45) is -1.27. The summed E-state index contributed by atoms with van der Waals surface area (Å²) >= 11 is 6.02. The Kier molecular flexibility index (Phi) is 6.83. The monoisotopic (exact) mass is 541 g/mol. The standard InChI is InChI=1S/C27H18ClNO8.Na/c28-14-7-5-13(6-8-14)22-20(25(32)29-15-9-10-18-19(11-15)36-12-35-18)21(26(33)34)27(37-22)23(30)16-3-1-2-4-17(16)24(27)31;/h1-11,20-22H,12H2,(H,29,32)(H,33,34);/q;+1/p-1. The first-order valence-electron chi connectivity index (χ1n) is 11.3.